The Morgan fingerprint density at radius 2 is 2.00 bits per heavy atom. The van der Waals surface area contributed by atoms with Crippen molar-refractivity contribution in [2.24, 2.45) is 10.9 Å². The van der Waals surface area contributed by atoms with Crippen molar-refractivity contribution in [3.05, 3.63) is 58.1 Å². The number of anilines is 2. The van der Waals surface area contributed by atoms with Gasteiger partial charge in [0.1, 0.15) is 5.82 Å². The molecule has 0 fully saturated rings. The Bertz CT molecular complexity index is 707. The van der Waals surface area contributed by atoms with Gasteiger partial charge < -0.3 is 15.8 Å². The highest BCUT2D eigenvalue weighted by atomic mass is 79.9. The minimum absolute atomic E-state index is 0.0681. The molecule has 0 aliphatic rings. The SMILES string of the molecule is CN(c1cccc(F)c1)c1ccc(/C(N)=N/O)c(Br)c1F. The second-order valence-corrected chi connectivity index (χ2v) is 5.08. The maximum atomic E-state index is 14.4. The topological polar surface area (TPSA) is 61.8 Å². The molecule has 0 amide bonds. The number of halogens is 3. The van der Waals surface area contributed by atoms with Gasteiger partial charge in [-0.1, -0.05) is 11.2 Å². The first-order chi connectivity index (χ1) is 9.95. The van der Waals surface area contributed by atoms with Gasteiger partial charge in [0.2, 0.25) is 0 Å². The van der Waals surface area contributed by atoms with E-state index in [4.69, 9.17) is 10.9 Å². The lowest BCUT2D eigenvalue weighted by atomic mass is 10.1. The highest BCUT2D eigenvalue weighted by Crippen LogP contribution is 2.32. The van der Waals surface area contributed by atoms with Crippen LogP contribution in [0.1, 0.15) is 5.56 Å². The third-order valence-electron chi connectivity index (χ3n) is 3.00. The Labute approximate surface area is 128 Å². The molecular weight excluding hydrogens is 344 g/mol. The van der Waals surface area contributed by atoms with E-state index < -0.39 is 11.6 Å². The molecule has 2 rings (SSSR count). The summed E-state index contributed by atoms with van der Waals surface area (Å²) in [4.78, 5) is 1.50. The van der Waals surface area contributed by atoms with Crippen LogP contribution in [0.4, 0.5) is 20.2 Å². The first-order valence-corrected chi connectivity index (χ1v) is 6.70. The predicted octanol–water partition coefficient (Wildman–Crippen LogP) is 3.59. The van der Waals surface area contributed by atoms with Crippen molar-refractivity contribution in [1.29, 1.82) is 0 Å². The van der Waals surface area contributed by atoms with Gasteiger partial charge in [-0.05, 0) is 46.3 Å². The maximum absolute atomic E-state index is 14.4. The van der Waals surface area contributed by atoms with Gasteiger partial charge in [-0.15, -0.1) is 0 Å². The molecule has 4 nitrogen and oxygen atoms in total. The molecule has 3 N–H and O–H groups in total. The summed E-state index contributed by atoms with van der Waals surface area (Å²) < 4.78 is 27.7. The Hall–Kier alpha value is -2.15. The molecule has 0 spiro atoms. The lowest BCUT2D eigenvalue weighted by Gasteiger charge is -2.21. The van der Waals surface area contributed by atoms with Crippen LogP contribution in [0.3, 0.4) is 0 Å². The van der Waals surface area contributed by atoms with Gasteiger partial charge in [0, 0.05) is 18.3 Å². The van der Waals surface area contributed by atoms with Crippen molar-refractivity contribution < 1.29 is 14.0 Å². The molecule has 0 bridgehead atoms. The normalized spacial score (nSPS) is 11.5. The fourth-order valence-electron chi connectivity index (χ4n) is 1.87. The largest absolute Gasteiger partial charge is 0.409 e. The van der Waals surface area contributed by atoms with E-state index in [1.807, 2.05) is 0 Å². The third kappa shape index (κ3) is 2.97. The summed E-state index contributed by atoms with van der Waals surface area (Å²) in [6.45, 7) is 0. The molecule has 21 heavy (non-hydrogen) atoms. The van der Waals surface area contributed by atoms with E-state index in [9.17, 15) is 8.78 Å². The van der Waals surface area contributed by atoms with Crippen molar-refractivity contribution in [3.8, 4) is 0 Å². The van der Waals surface area contributed by atoms with Gasteiger partial charge in [0.25, 0.3) is 0 Å². The average molecular weight is 356 g/mol. The van der Waals surface area contributed by atoms with Crippen LogP contribution in [0.2, 0.25) is 0 Å². The zero-order chi connectivity index (χ0) is 15.6. The molecule has 0 atom stereocenters. The molecule has 0 saturated carbocycles. The average Bonchev–Trinajstić information content (AvgIpc) is 2.48. The van der Waals surface area contributed by atoms with Crippen molar-refractivity contribution in [2.45, 2.75) is 0 Å². The second kappa shape index (κ2) is 6.09. The van der Waals surface area contributed by atoms with Crippen LogP contribution in [0, 0.1) is 11.6 Å². The Kier molecular flexibility index (Phi) is 4.42. The van der Waals surface area contributed by atoms with E-state index in [0.717, 1.165) is 0 Å². The quantitative estimate of drug-likeness (QED) is 0.382. The minimum atomic E-state index is -0.592. The molecule has 0 aliphatic carbocycles. The summed E-state index contributed by atoms with van der Waals surface area (Å²) in [6, 6.07) is 8.79. The van der Waals surface area contributed by atoms with Gasteiger partial charge in [-0.2, -0.15) is 0 Å². The molecule has 110 valence electrons. The van der Waals surface area contributed by atoms with Crippen LogP contribution >= 0.6 is 15.9 Å². The van der Waals surface area contributed by atoms with Gasteiger partial charge in [0.15, 0.2) is 11.7 Å². The standard InChI is InChI=1S/C14H12BrF2N3O/c1-20(9-4-2-3-8(16)7-9)11-6-5-10(14(18)19-21)12(15)13(11)17/h2-7,21H,1H3,(H2,18,19). The fourth-order valence-corrected chi connectivity index (χ4v) is 2.41. The zero-order valence-electron chi connectivity index (χ0n) is 11.0. The zero-order valence-corrected chi connectivity index (χ0v) is 12.6. The van der Waals surface area contributed by atoms with E-state index in [2.05, 4.69) is 21.1 Å². The first-order valence-electron chi connectivity index (χ1n) is 5.91. The van der Waals surface area contributed by atoms with Crippen LogP contribution in [0.15, 0.2) is 46.0 Å². The van der Waals surface area contributed by atoms with Gasteiger partial charge in [0.05, 0.1) is 10.2 Å². The lowest BCUT2D eigenvalue weighted by molar-refractivity contribution is 0.318. The molecule has 2 aromatic rings. The van der Waals surface area contributed by atoms with Gasteiger partial charge in [-0.3, -0.25) is 0 Å². The van der Waals surface area contributed by atoms with Crippen LogP contribution in [-0.2, 0) is 0 Å². The van der Waals surface area contributed by atoms with E-state index in [0.29, 0.717) is 5.69 Å². The molecule has 7 heteroatoms. The predicted molar refractivity (Wildman–Crippen MR) is 81.1 cm³/mol. The van der Waals surface area contributed by atoms with Crippen molar-refractivity contribution in [2.75, 3.05) is 11.9 Å². The van der Waals surface area contributed by atoms with Gasteiger partial charge >= 0.3 is 0 Å². The summed E-state index contributed by atoms with van der Waals surface area (Å²) in [5, 5.41) is 11.5. The number of oxime groups is 1. The molecule has 0 radical (unpaired) electrons. The summed E-state index contributed by atoms with van der Waals surface area (Å²) in [6.07, 6.45) is 0. The molecule has 0 aliphatic heterocycles. The van der Waals surface area contributed by atoms with Gasteiger partial charge in [-0.25, -0.2) is 8.78 Å². The highest BCUT2D eigenvalue weighted by molar-refractivity contribution is 9.10. The second-order valence-electron chi connectivity index (χ2n) is 4.28. The van der Waals surface area contributed by atoms with Crippen molar-refractivity contribution in [1.82, 2.24) is 0 Å². The molecule has 0 saturated heterocycles. The van der Waals surface area contributed by atoms with E-state index in [1.54, 1.807) is 19.2 Å². The van der Waals surface area contributed by atoms with Crippen LogP contribution in [0.25, 0.3) is 0 Å². The number of nitrogens with two attached hydrogens (primary N) is 1. The van der Waals surface area contributed by atoms with Crippen LogP contribution in [-0.4, -0.2) is 18.1 Å². The molecule has 0 unspecified atom stereocenters. The molecular formula is C14H12BrF2N3O. The molecule has 0 heterocycles. The molecule has 2 aromatic carbocycles. The van der Waals surface area contributed by atoms with Crippen molar-refractivity contribution >= 4 is 33.1 Å². The Balaban J connectivity index is 2.48. The Morgan fingerprint density at radius 1 is 1.29 bits per heavy atom. The summed E-state index contributed by atoms with van der Waals surface area (Å²) in [5.41, 5.74) is 6.41. The van der Waals surface area contributed by atoms with E-state index in [-0.39, 0.29) is 21.6 Å². The van der Waals surface area contributed by atoms with Crippen LogP contribution in [0.5, 0.6) is 0 Å². The number of rotatable bonds is 3. The monoisotopic (exact) mass is 355 g/mol. The van der Waals surface area contributed by atoms with E-state index in [1.165, 1.54) is 29.2 Å². The number of amidine groups is 1. The van der Waals surface area contributed by atoms with Crippen molar-refractivity contribution in [3.63, 3.8) is 0 Å². The molecule has 0 aromatic heterocycles. The maximum Gasteiger partial charge on any atom is 0.171 e. The number of nitrogens with zero attached hydrogens (tertiary/aromatic N) is 2. The summed E-state index contributed by atoms with van der Waals surface area (Å²) >= 11 is 3.08. The summed E-state index contributed by atoms with van der Waals surface area (Å²) in [7, 11) is 1.61. The Morgan fingerprint density at radius 3 is 2.62 bits per heavy atom. The fraction of sp³-hybridized carbons (Fsp3) is 0.0714. The first kappa shape index (κ1) is 15.2. The summed E-state index contributed by atoms with van der Waals surface area (Å²) in [5.74, 6) is -1.21. The highest BCUT2D eigenvalue weighted by Gasteiger charge is 2.17. The van der Waals surface area contributed by atoms with E-state index >= 15 is 0 Å². The minimum Gasteiger partial charge on any atom is -0.409 e. The number of hydrogen-bond donors (Lipinski definition) is 2. The number of hydrogen-bond acceptors (Lipinski definition) is 3. The third-order valence-corrected chi connectivity index (χ3v) is 3.78. The lowest BCUT2D eigenvalue weighted by Crippen LogP contribution is -2.17. The smallest absolute Gasteiger partial charge is 0.171 e. The van der Waals surface area contributed by atoms with Crippen LogP contribution < -0.4 is 10.6 Å². The number of benzene rings is 2.